The lowest BCUT2D eigenvalue weighted by Gasteiger charge is -2.16. The van der Waals surface area contributed by atoms with Crippen molar-refractivity contribution in [3.63, 3.8) is 0 Å². The van der Waals surface area contributed by atoms with Crippen LogP contribution in [-0.4, -0.2) is 30.3 Å². The van der Waals surface area contributed by atoms with Gasteiger partial charge in [-0.15, -0.1) is 11.8 Å². The Balaban J connectivity index is 1.79. The largest absolute Gasteiger partial charge is 0.497 e. The van der Waals surface area contributed by atoms with Gasteiger partial charge in [-0.3, -0.25) is 9.59 Å². The summed E-state index contributed by atoms with van der Waals surface area (Å²) in [6, 6.07) is 14.6. The Morgan fingerprint density at radius 3 is 2.30 bits per heavy atom. The molecule has 0 radical (unpaired) electrons. The van der Waals surface area contributed by atoms with Crippen molar-refractivity contribution < 1.29 is 19.1 Å². The second-order valence-electron chi connectivity index (χ2n) is 5.86. The second kappa shape index (κ2) is 10.2. The number of nitrogens with one attached hydrogen (secondary N) is 1. The van der Waals surface area contributed by atoms with Crippen LogP contribution in [0.25, 0.3) is 0 Å². The third-order valence-corrected chi connectivity index (χ3v) is 5.09. The van der Waals surface area contributed by atoms with E-state index in [0.29, 0.717) is 11.6 Å². The van der Waals surface area contributed by atoms with Crippen molar-refractivity contribution in [2.24, 2.45) is 0 Å². The van der Waals surface area contributed by atoms with Gasteiger partial charge >= 0.3 is 5.97 Å². The highest BCUT2D eigenvalue weighted by molar-refractivity contribution is 8.00. The van der Waals surface area contributed by atoms with Gasteiger partial charge in [-0.25, -0.2) is 0 Å². The molecule has 144 valence electrons. The minimum Gasteiger partial charge on any atom is -0.497 e. The van der Waals surface area contributed by atoms with Crippen molar-refractivity contribution in [1.82, 2.24) is 5.32 Å². The summed E-state index contributed by atoms with van der Waals surface area (Å²) in [5.74, 6) is -0.0375. The minimum atomic E-state index is -0.871. The van der Waals surface area contributed by atoms with Crippen LogP contribution in [0.1, 0.15) is 19.4 Å². The Kier molecular flexibility index (Phi) is 8.00. The Morgan fingerprint density at radius 1 is 1.07 bits per heavy atom. The molecule has 2 atom stereocenters. The van der Waals surface area contributed by atoms with E-state index in [1.54, 1.807) is 33.1 Å². The van der Waals surface area contributed by atoms with Gasteiger partial charge in [0.2, 0.25) is 0 Å². The highest BCUT2D eigenvalue weighted by Crippen LogP contribution is 2.25. The number of ether oxygens (including phenoxy) is 2. The van der Waals surface area contributed by atoms with Crippen LogP contribution in [0.2, 0.25) is 5.02 Å². The first-order chi connectivity index (χ1) is 12.9. The molecular weight excluding hydrogens is 386 g/mol. The zero-order valence-corrected chi connectivity index (χ0v) is 17.0. The quantitative estimate of drug-likeness (QED) is 0.527. The predicted molar refractivity (Wildman–Crippen MR) is 107 cm³/mol. The first-order valence-electron chi connectivity index (χ1n) is 8.42. The average molecular weight is 408 g/mol. The van der Waals surface area contributed by atoms with Crippen LogP contribution >= 0.6 is 23.4 Å². The van der Waals surface area contributed by atoms with Crippen molar-refractivity contribution in [1.29, 1.82) is 0 Å². The van der Waals surface area contributed by atoms with Crippen LogP contribution in [0.3, 0.4) is 0 Å². The van der Waals surface area contributed by atoms with E-state index in [4.69, 9.17) is 21.1 Å². The summed E-state index contributed by atoms with van der Waals surface area (Å²) in [5.41, 5.74) is 0.925. The van der Waals surface area contributed by atoms with Crippen molar-refractivity contribution in [2.75, 3.05) is 7.11 Å². The molecule has 1 N–H and O–H groups in total. The number of benzene rings is 2. The number of esters is 1. The SMILES string of the molecule is COc1ccc(CNC(=O)[C@@H](C)OC(=O)[C@@H](C)Sc2ccc(Cl)cc2)cc1. The summed E-state index contributed by atoms with van der Waals surface area (Å²) in [4.78, 5) is 25.3. The molecule has 5 nitrogen and oxygen atoms in total. The fourth-order valence-corrected chi connectivity index (χ4v) is 3.14. The third kappa shape index (κ3) is 6.81. The number of carbonyl (C=O) groups excluding carboxylic acids is 2. The van der Waals surface area contributed by atoms with E-state index in [0.717, 1.165) is 16.2 Å². The summed E-state index contributed by atoms with van der Waals surface area (Å²) in [5, 5.41) is 2.95. The van der Waals surface area contributed by atoms with Crippen molar-refractivity contribution in [3.05, 3.63) is 59.1 Å². The number of carbonyl (C=O) groups is 2. The highest BCUT2D eigenvalue weighted by atomic mass is 35.5. The lowest BCUT2D eigenvalue weighted by atomic mass is 10.2. The van der Waals surface area contributed by atoms with E-state index >= 15 is 0 Å². The summed E-state index contributed by atoms with van der Waals surface area (Å²) in [6.07, 6.45) is -0.871. The molecule has 2 aromatic carbocycles. The summed E-state index contributed by atoms with van der Waals surface area (Å²) in [7, 11) is 1.60. The van der Waals surface area contributed by atoms with Gasteiger partial charge in [0.05, 0.1) is 7.11 Å². The molecule has 0 unspecified atom stereocenters. The number of hydrogen-bond donors (Lipinski definition) is 1. The lowest BCUT2D eigenvalue weighted by Crippen LogP contribution is -2.36. The van der Waals surface area contributed by atoms with Crippen LogP contribution in [0, 0.1) is 0 Å². The average Bonchev–Trinajstić information content (AvgIpc) is 2.68. The monoisotopic (exact) mass is 407 g/mol. The Morgan fingerprint density at radius 2 is 1.70 bits per heavy atom. The molecule has 0 saturated carbocycles. The number of thioether (sulfide) groups is 1. The number of amides is 1. The lowest BCUT2D eigenvalue weighted by molar-refractivity contribution is -0.154. The molecule has 2 aromatic rings. The van der Waals surface area contributed by atoms with Crippen LogP contribution in [-0.2, 0) is 20.9 Å². The molecule has 0 spiro atoms. The van der Waals surface area contributed by atoms with Crippen molar-refractivity contribution in [3.8, 4) is 5.75 Å². The number of halogens is 1. The number of rotatable bonds is 8. The first-order valence-corrected chi connectivity index (χ1v) is 9.68. The van der Waals surface area contributed by atoms with E-state index in [-0.39, 0.29) is 5.91 Å². The molecule has 1 amide bonds. The molecule has 27 heavy (non-hydrogen) atoms. The molecule has 7 heteroatoms. The normalized spacial score (nSPS) is 12.7. The zero-order chi connectivity index (χ0) is 19.8. The van der Waals surface area contributed by atoms with Crippen molar-refractivity contribution >= 4 is 35.2 Å². The van der Waals surface area contributed by atoms with E-state index in [9.17, 15) is 9.59 Å². The fourth-order valence-electron chi connectivity index (χ4n) is 2.17. The number of hydrogen-bond acceptors (Lipinski definition) is 5. The topological polar surface area (TPSA) is 64.6 Å². The Labute approximate surface area is 168 Å². The van der Waals surface area contributed by atoms with E-state index in [1.165, 1.54) is 11.8 Å². The van der Waals surface area contributed by atoms with Gasteiger partial charge in [0, 0.05) is 16.5 Å². The van der Waals surface area contributed by atoms with Crippen LogP contribution in [0.4, 0.5) is 0 Å². The Hall–Kier alpha value is -2.18. The molecule has 0 aliphatic rings. The molecule has 0 bridgehead atoms. The maximum Gasteiger partial charge on any atom is 0.319 e. The predicted octanol–water partition coefficient (Wildman–Crippen LogP) is 4.08. The molecule has 0 heterocycles. The third-order valence-electron chi connectivity index (χ3n) is 3.75. The van der Waals surface area contributed by atoms with Gasteiger partial charge in [-0.05, 0) is 55.8 Å². The minimum absolute atomic E-state index is 0.345. The summed E-state index contributed by atoms with van der Waals surface area (Å²) >= 11 is 7.20. The maximum absolute atomic E-state index is 12.2. The molecule has 2 rings (SSSR count). The standard InChI is InChI=1S/C20H22ClNO4S/c1-13(19(23)22-12-15-4-8-17(25-3)9-5-15)26-20(24)14(2)27-18-10-6-16(21)7-11-18/h4-11,13-14H,12H2,1-3H3,(H,22,23)/t13-,14-/m1/s1. The summed E-state index contributed by atoms with van der Waals surface area (Å²) in [6.45, 7) is 3.64. The smallest absolute Gasteiger partial charge is 0.319 e. The second-order valence-corrected chi connectivity index (χ2v) is 7.71. The summed E-state index contributed by atoms with van der Waals surface area (Å²) < 4.78 is 10.4. The fraction of sp³-hybridized carbons (Fsp3) is 0.300. The van der Waals surface area contributed by atoms with Crippen LogP contribution in [0.5, 0.6) is 5.75 Å². The molecule has 0 aliphatic heterocycles. The molecule has 0 aliphatic carbocycles. The van der Waals surface area contributed by atoms with Gasteiger partial charge in [-0.1, -0.05) is 23.7 Å². The van der Waals surface area contributed by atoms with E-state index < -0.39 is 17.3 Å². The number of methoxy groups -OCH3 is 1. The van der Waals surface area contributed by atoms with Crippen molar-refractivity contribution in [2.45, 2.75) is 36.6 Å². The van der Waals surface area contributed by atoms with Crippen LogP contribution < -0.4 is 10.1 Å². The molecule has 0 aromatic heterocycles. The van der Waals surface area contributed by atoms with Gasteiger partial charge in [-0.2, -0.15) is 0 Å². The molecular formula is C20H22ClNO4S. The Bertz CT molecular complexity index is 765. The van der Waals surface area contributed by atoms with Gasteiger partial charge in [0.1, 0.15) is 11.0 Å². The first kappa shape index (κ1) is 21.1. The van der Waals surface area contributed by atoms with Crippen LogP contribution in [0.15, 0.2) is 53.4 Å². The highest BCUT2D eigenvalue weighted by Gasteiger charge is 2.22. The van der Waals surface area contributed by atoms with Gasteiger partial charge in [0.25, 0.3) is 5.91 Å². The van der Waals surface area contributed by atoms with E-state index in [1.807, 2.05) is 36.4 Å². The maximum atomic E-state index is 12.2. The molecule has 0 fully saturated rings. The van der Waals surface area contributed by atoms with Gasteiger partial charge < -0.3 is 14.8 Å². The van der Waals surface area contributed by atoms with E-state index in [2.05, 4.69) is 5.32 Å². The van der Waals surface area contributed by atoms with Gasteiger partial charge in [0.15, 0.2) is 6.10 Å². The zero-order valence-electron chi connectivity index (χ0n) is 15.4. The molecule has 0 saturated heterocycles.